The quantitative estimate of drug-likeness (QED) is 0.610. The molecule has 2 aromatic rings. The fourth-order valence-corrected chi connectivity index (χ4v) is 2.50. The highest BCUT2D eigenvalue weighted by molar-refractivity contribution is 7.80. The molecule has 0 aromatic heterocycles. The summed E-state index contributed by atoms with van der Waals surface area (Å²) in [7, 11) is 0. The average Bonchev–Trinajstić information content (AvgIpc) is 2.37. The lowest BCUT2D eigenvalue weighted by Crippen LogP contribution is -2.19. The van der Waals surface area contributed by atoms with Gasteiger partial charge < -0.3 is 10.6 Å². The molecule has 0 amide bonds. The van der Waals surface area contributed by atoms with Crippen LogP contribution in [0.1, 0.15) is 17.3 Å². The predicted molar refractivity (Wildman–Crippen MR) is 92.8 cm³/mol. The van der Waals surface area contributed by atoms with Gasteiger partial charge in [-0.15, -0.1) is 0 Å². The van der Waals surface area contributed by atoms with E-state index in [9.17, 15) is 4.79 Å². The molecule has 0 aliphatic rings. The molecular weight excluding hydrogens is 327 g/mol. The van der Waals surface area contributed by atoms with E-state index in [4.69, 9.17) is 35.4 Å². The maximum absolute atomic E-state index is 11.3. The topological polar surface area (TPSA) is 41.1 Å². The van der Waals surface area contributed by atoms with Crippen LogP contribution in [0, 0.1) is 0 Å². The number of carbonyl (C=O) groups is 1. The Balaban J connectivity index is 2.08. The number of rotatable bonds is 3. The largest absolute Gasteiger partial charge is 0.332 e. The zero-order chi connectivity index (χ0) is 15.4. The number of halogens is 2. The van der Waals surface area contributed by atoms with Gasteiger partial charge in [0.05, 0.1) is 0 Å². The Morgan fingerprint density at radius 1 is 1.00 bits per heavy atom. The number of nitrogens with one attached hydrogen (secondary N) is 2. The summed E-state index contributed by atoms with van der Waals surface area (Å²) in [5.41, 5.74) is 2.04. The van der Waals surface area contributed by atoms with Gasteiger partial charge in [-0.3, -0.25) is 4.79 Å². The molecule has 0 radical (unpaired) electrons. The molecule has 0 saturated heterocycles. The van der Waals surface area contributed by atoms with Crippen molar-refractivity contribution in [3.63, 3.8) is 0 Å². The molecule has 0 aliphatic carbocycles. The van der Waals surface area contributed by atoms with E-state index in [0.717, 1.165) is 5.69 Å². The number of anilines is 2. The smallest absolute Gasteiger partial charge is 0.175 e. The van der Waals surface area contributed by atoms with Gasteiger partial charge in [-0.05, 0) is 49.5 Å². The molecule has 3 nitrogen and oxygen atoms in total. The maximum atomic E-state index is 11.3. The first-order chi connectivity index (χ1) is 9.94. The van der Waals surface area contributed by atoms with E-state index in [1.807, 2.05) is 6.07 Å². The van der Waals surface area contributed by atoms with E-state index in [2.05, 4.69) is 10.6 Å². The molecule has 0 aliphatic heterocycles. The van der Waals surface area contributed by atoms with Gasteiger partial charge in [-0.25, -0.2) is 0 Å². The average molecular weight is 339 g/mol. The minimum atomic E-state index is -0.000787. The number of Topliss-reactive ketones (excluding diaryl/α,β-unsaturated/α-hetero) is 1. The van der Waals surface area contributed by atoms with Crippen LogP contribution in [0.25, 0.3) is 0 Å². The number of carbonyl (C=O) groups excluding carboxylic acids is 1. The Kier molecular flexibility index (Phi) is 5.17. The number of ketones is 1. The second-order valence-electron chi connectivity index (χ2n) is 4.37. The highest BCUT2D eigenvalue weighted by Crippen LogP contribution is 2.22. The second kappa shape index (κ2) is 6.89. The van der Waals surface area contributed by atoms with E-state index in [1.54, 1.807) is 36.4 Å². The van der Waals surface area contributed by atoms with Crippen molar-refractivity contribution in [2.75, 3.05) is 10.6 Å². The third-order valence-corrected chi connectivity index (χ3v) is 3.29. The Hall–Kier alpha value is -1.62. The van der Waals surface area contributed by atoms with Crippen LogP contribution >= 0.6 is 35.4 Å². The lowest BCUT2D eigenvalue weighted by molar-refractivity contribution is 0.101. The number of hydrogen-bond donors (Lipinski definition) is 2. The molecule has 0 unspecified atom stereocenters. The van der Waals surface area contributed by atoms with Crippen LogP contribution in [0.3, 0.4) is 0 Å². The molecule has 2 N–H and O–H groups in total. The Morgan fingerprint density at radius 2 is 1.62 bits per heavy atom. The highest BCUT2D eigenvalue weighted by Gasteiger charge is 2.04. The molecular formula is C15H12Cl2N2OS. The van der Waals surface area contributed by atoms with E-state index >= 15 is 0 Å². The van der Waals surface area contributed by atoms with E-state index in [-0.39, 0.29) is 5.78 Å². The summed E-state index contributed by atoms with van der Waals surface area (Å²) in [6.07, 6.45) is 0. The monoisotopic (exact) mass is 338 g/mol. The third kappa shape index (κ3) is 4.70. The first-order valence-corrected chi connectivity index (χ1v) is 7.25. The van der Waals surface area contributed by atoms with Crippen LogP contribution in [0.4, 0.5) is 11.4 Å². The zero-order valence-electron chi connectivity index (χ0n) is 11.1. The molecule has 0 heterocycles. The van der Waals surface area contributed by atoms with Crippen LogP contribution in [0.5, 0.6) is 0 Å². The van der Waals surface area contributed by atoms with Gasteiger partial charge in [-0.2, -0.15) is 0 Å². The molecule has 0 spiro atoms. The van der Waals surface area contributed by atoms with Crippen molar-refractivity contribution in [3.8, 4) is 0 Å². The van der Waals surface area contributed by atoms with Crippen molar-refractivity contribution < 1.29 is 4.79 Å². The van der Waals surface area contributed by atoms with Crippen molar-refractivity contribution in [1.82, 2.24) is 0 Å². The van der Waals surface area contributed by atoms with Crippen LogP contribution in [0.15, 0.2) is 42.5 Å². The summed E-state index contributed by atoms with van der Waals surface area (Å²) in [5, 5.41) is 7.42. The summed E-state index contributed by atoms with van der Waals surface area (Å²) < 4.78 is 0. The fraction of sp³-hybridized carbons (Fsp3) is 0.0667. The zero-order valence-corrected chi connectivity index (χ0v) is 13.4. The van der Waals surface area contributed by atoms with Crippen molar-refractivity contribution >= 4 is 57.7 Å². The Morgan fingerprint density at radius 3 is 2.24 bits per heavy atom. The second-order valence-corrected chi connectivity index (χ2v) is 5.66. The predicted octanol–water partition coefficient (Wildman–Crippen LogP) is 5.00. The maximum Gasteiger partial charge on any atom is 0.175 e. The van der Waals surface area contributed by atoms with Crippen molar-refractivity contribution in [3.05, 3.63) is 58.1 Å². The molecule has 0 saturated carbocycles. The Labute approximate surface area is 138 Å². The third-order valence-electron chi connectivity index (χ3n) is 2.65. The van der Waals surface area contributed by atoms with Crippen LogP contribution in [-0.2, 0) is 0 Å². The molecule has 2 rings (SSSR count). The van der Waals surface area contributed by atoms with Gasteiger partial charge in [0.2, 0.25) is 0 Å². The van der Waals surface area contributed by atoms with Gasteiger partial charge in [0.15, 0.2) is 10.9 Å². The van der Waals surface area contributed by atoms with E-state index in [0.29, 0.717) is 26.4 Å². The first kappa shape index (κ1) is 15.8. The SMILES string of the molecule is CC(=O)c1cccc(NC(=S)Nc2cc(Cl)cc(Cl)c2)c1. The van der Waals surface area contributed by atoms with E-state index < -0.39 is 0 Å². The van der Waals surface area contributed by atoms with Gasteiger partial charge in [0.1, 0.15) is 0 Å². The lowest BCUT2D eigenvalue weighted by atomic mass is 10.1. The van der Waals surface area contributed by atoms with Gasteiger partial charge in [0.25, 0.3) is 0 Å². The van der Waals surface area contributed by atoms with Crippen molar-refractivity contribution in [2.45, 2.75) is 6.92 Å². The molecule has 0 bridgehead atoms. The molecule has 0 fully saturated rings. The number of benzene rings is 2. The summed E-state index contributed by atoms with van der Waals surface area (Å²) in [6.45, 7) is 1.52. The molecule has 0 atom stereocenters. The van der Waals surface area contributed by atoms with E-state index in [1.165, 1.54) is 6.92 Å². The minimum Gasteiger partial charge on any atom is -0.332 e. The normalized spacial score (nSPS) is 10.0. The fourth-order valence-electron chi connectivity index (χ4n) is 1.74. The highest BCUT2D eigenvalue weighted by atomic mass is 35.5. The molecule has 2 aromatic carbocycles. The van der Waals surface area contributed by atoms with Gasteiger partial charge >= 0.3 is 0 Å². The van der Waals surface area contributed by atoms with Crippen LogP contribution < -0.4 is 10.6 Å². The molecule has 108 valence electrons. The minimum absolute atomic E-state index is 0.000787. The van der Waals surface area contributed by atoms with Gasteiger partial charge in [0, 0.05) is 27.0 Å². The van der Waals surface area contributed by atoms with Gasteiger partial charge in [-0.1, -0.05) is 35.3 Å². The lowest BCUT2D eigenvalue weighted by Gasteiger charge is -2.11. The van der Waals surface area contributed by atoms with Crippen molar-refractivity contribution in [2.24, 2.45) is 0 Å². The summed E-state index contributed by atoms with van der Waals surface area (Å²) in [4.78, 5) is 11.3. The van der Waals surface area contributed by atoms with Crippen LogP contribution in [0.2, 0.25) is 10.0 Å². The summed E-state index contributed by atoms with van der Waals surface area (Å²) in [6, 6.07) is 12.2. The molecule has 6 heteroatoms. The van der Waals surface area contributed by atoms with Crippen LogP contribution in [-0.4, -0.2) is 10.9 Å². The Bertz CT molecular complexity index is 684. The molecule has 21 heavy (non-hydrogen) atoms. The number of hydrogen-bond acceptors (Lipinski definition) is 2. The number of thiocarbonyl (C=S) groups is 1. The first-order valence-electron chi connectivity index (χ1n) is 6.09. The summed E-state index contributed by atoms with van der Waals surface area (Å²) >= 11 is 17.1. The standard InChI is InChI=1S/C15H12Cl2N2OS/c1-9(20)10-3-2-4-13(5-10)18-15(21)19-14-7-11(16)6-12(17)8-14/h2-8H,1H3,(H2,18,19,21). The van der Waals surface area contributed by atoms with Crippen molar-refractivity contribution in [1.29, 1.82) is 0 Å². The summed E-state index contributed by atoms with van der Waals surface area (Å²) in [5.74, 6) is -0.000787.